The van der Waals surface area contributed by atoms with Crippen LogP contribution in [0.15, 0.2) is 42.5 Å². The van der Waals surface area contributed by atoms with Gasteiger partial charge >= 0.3 is 6.03 Å². The molecule has 4 nitrogen and oxygen atoms in total. The molecule has 0 aliphatic rings. The highest BCUT2D eigenvalue weighted by Crippen LogP contribution is 2.27. The lowest BCUT2D eigenvalue weighted by molar-refractivity contribution is 0.242. The number of carbonyl (C=O) groups excluding carboxylic acids is 1. The van der Waals surface area contributed by atoms with E-state index in [0.717, 1.165) is 28.3 Å². The number of para-hydroxylation sites is 1. The van der Waals surface area contributed by atoms with E-state index in [0.29, 0.717) is 5.92 Å². The van der Waals surface area contributed by atoms with Gasteiger partial charge in [0, 0.05) is 11.4 Å². The lowest BCUT2D eigenvalue weighted by Gasteiger charge is -2.17. The quantitative estimate of drug-likeness (QED) is 0.757. The second-order valence-electron chi connectivity index (χ2n) is 6.46. The summed E-state index contributed by atoms with van der Waals surface area (Å²) >= 11 is 0. The summed E-state index contributed by atoms with van der Waals surface area (Å²) < 4.78 is 5.60. The minimum absolute atomic E-state index is 0.127. The smallest absolute Gasteiger partial charge is 0.323 e. The molecule has 128 valence electrons. The lowest BCUT2D eigenvalue weighted by atomic mass is 9.98. The number of ether oxygens (including phenoxy) is 1. The van der Waals surface area contributed by atoms with Crippen LogP contribution >= 0.6 is 0 Å². The number of rotatable bonds is 5. The van der Waals surface area contributed by atoms with E-state index in [-0.39, 0.29) is 12.1 Å². The van der Waals surface area contributed by atoms with Crippen LogP contribution in [0, 0.1) is 6.92 Å². The van der Waals surface area contributed by atoms with Gasteiger partial charge in [-0.3, -0.25) is 0 Å². The highest BCUT2D eigenvalue weighted by atomic mass is 16.5. The standard InChI is InChI=1S/C20H26N2O2/c1-13(2)18-8-6-7-15(5)19(18)22-20(23)21-16-9-11-17(12-10-16)24-14(3)4/h6-14H,1-5H3,(H2,21,22,23). The predicted octanol–water partition coefficient (Wildman–Crippen LogP) is 5.55. The molecule has 24 heavy (non-hydrogen) atoms. The molecule has 0 aliphatic heterocycles. The van der Waals surface area contributed by atoms with Crippen LogP contribution in [0.4, 0.5) is 16.2 Å². The van der Waals surface area contributed by atoms with Crippen molar-refractivity contribution in [3.63, 3.8) is 0 Å². The summed E-state index contributed by atoms with van der Waals surface area (Å²) in [5.41, 5.74) is 3.79. The van der Waals surface area contributed by atoms with Gasteiger partial charge in [-0.2, -0.15) is 0 Å². The topological polar surface area (TPSA) is 50.4 Å². The second kappa shape index (κ2) is 7.86. The highest BCUT2D eigenvalue weighted by molar-refractivity contribution is 6.00. The normalized spacial score (nSPS) is 10.8. The average molecular weight is 326 g/mol. The number of benzene rings is 2. The SMILES string of the molecule is Cc1cccc(C(C)C)c1NC(=O)Nc1ccc(OC(C)C)cc1. The number of aryl methyl sites for hydroxylation is 1. The number of anilines is 2. The van der Waals surface area contributed by atoms with Crippen molar-refractivity contribution in [1.29, 1.82) is 0 Å². The molecular formula is C20H26N2O2. The van der Waals surface area contributed by atoms with Crippen molar-refractivity contribution < 1.29 is 9.53 Å². The predicted molar refractivity (Wildman–Crippen MR) is 100 cm³/mol. The number of urea groups is 1. The third-order valence-corrected chi connectivity index (χ3v) is 3.65. The van der Waals surface area contributed by atoms with Crippen molar-refractivity contribution in [2.45, 2.75) is 46.6 Å². The molecule has 0 spiro atoms. The molecule has 0 fully saturated rings. The molecule has 2 aromatic rings. The molecule has 0 aliphatic carbocycles. The Hall–Kier alpha value is -2.49. The van der Waals surface area contributed by atoms with Crippen molar-refractivity contribution in [2.75, 3.05) is 10.6 Å². The van der Waals surface area contributed by atoms with Gasteiger partial charge in [-0.1, -0.05) is 32.0 Å². The van der Waals surface area contributed by atoms with Crippen LogP contribution in [0.3, 0.4) is 0 Å². The van der Waals surface area contributed by atoms with Crippen molar-refractivity contribution in [2.24, 2.45) is 0 Å². The highest BCUT2D eigenvalue weighted by Gasteiger charge is 2.12. The Morgan fingerprint density at radius 3 is 2.21 bits per heavy atom. The molecule has 2 N–H and O–H groups in total. The molecule has 0 atom stereocenters. The van der Waals surface area contributed by atoms with Crippen LogP contribution in [0.5, 0.6) is 5.75 Å². The zero-order chi connectivity index (χ0) is 17.7. The molecule has 2 amide bonds. The van der Waals surface area contributed by atoms with Crippen molar-refractivity contribution in [3.8, 4) is 5.75 Å². The van der Waals surface area contributed by atoms with Crippen LogP contribution in [0.1, 0.15) is 44.7 Å². The maximum Gasteiger partial charge on any atom is 0.323 e. The van der Waals surface area contributed by atoms with Crippen LogP contribution in [0.25, 0.3) is 0 Å². The number of nitrogens with one attached hydrogen (secondary N) is 2. The van der Waals surface area contributed by atoms with E-state index >= 15 is 0 Å². The molecule has 0 unspecified atom stereocenters. The monoisotopic (exact) mass is 326 g/mol. The van der Waals surface area contributed by atoms with E-state index in [2.05, 4.69) is 24.5 Å². The first-order valence-electron chi connectivity index (χ1n) is 8.31. The van der Waals surface area contributed by atoms with Crippen LogP contribution < -0.4 is 15.4 Å². The summed E-state index contributed by atoms with van der Waals surface area (Å²) in [6, 6.07) is 13.2. The Kier molecular flexibility index (Phi) is 5.85. The number of amides is 2. The van der Waals surface area contributed by atoms with Gasteiger partial charge in [-0.15, -0.1) is 0 Å². The van der Waals surface area contributed by atoms with E-state index in [9.17, 15) is 4.79 Å². The Morgan fingerprint density at radius 1 is 0.958 bits per heavy atom. The Bertz CT molecular complexity index is 691. The summed E-state index contributed by atoms with van der Waals surface area (Å²) in [5, 5.41) is 5.83. The molecule has 0 heterocycles. The second-order valence-corrected chi connectivity index (χ2v) is 6.46. The Balaban J connectivity index is 2.06. The van der Waals surface area contributed by atoms with Crippen molar-refractivity contribution in [3.05, 3.63) is 53.6 Å². The van der Waals surface area contributed by atoms with Gasteiger partial charge in [0.1, 0.15) is 5.75 Å². The van der Waals surface area contributed by atoms with Crippen molar-refractivity contribution in [1.82, 2.24) is 0 Å². The molecule has 2 rings (SSSR count). The first-order valence-corrected chi connectivity index (χ1v) is 8.31. The maximum atomic E-state index is 12.3. The molecule has 0 saturated carbocycles. The number of hydrogen-bond acceptors (Lipinski definition) is 2. The minimum atomic E-state index is -0.247. The fraction of sp³-hybridized carbons (Fsp3) is 0.350. The zero-order valence-corrected chi connectivity index (χ0v) is 15.0. The average Bonchev–Trinajstić information content (AvgIpc) is 2.50. The largest absolute Gasteiger partial charge is 0.491 e. The number of carbonyl (C=O) groups is 1. The minimum Gasteiger partial charge on any atom is -0.491 e. The Morgan fingerprint density at radius 2 is 1.62 bits per heavy atom. The molecule has 2 aromatic carbocycles. The van der Waals surface area contributed by atoms with E-state index in [1.807, 2.05) is 63.2 Å². The van der Waals surface area contributed by atoms with Gasteiger partial charge in [0.2, 0.25) is 0 Å². The third-order valence-electron chi connectivity index (χ3n) is 3.65. The van der Waals surface area contributed by atoms with Gasteiger partial charge in [0.05, 0.1) is 6.10 Å². The first kappa shape index (κ1) is 17.9. The van der Waals surface area contributed by atoms with E-state index in [1.54, 1.807) is 0 Å². The molecule has 0 bridgehead atoms. The van der Waals surface area contributed by atoms with Gasteiger partial charge in [-0.05, 0) is 62.1 Å². The van der Waals surface area contributed by atoms with Gasteiger partial charge in [-0.25, -0.2) is 4.79 Å². The number of hydrogen-bond donors (Lipinski definition) is 2. The summed E-state index contributed by atoms with van der Waals surface area (Å²) in [4.78, 5) is 12.3. The van der Waals surface area contributed by atoms with E-state index in [4.69, 9.17) is 4.74 Å². The molecular weight excluding hydrogens is 300 g/mol. The summed E-state index contributed by atoms with van der Waals surface area (Å²) in [6.45, 7) is 10.2. The Labute approximate surface area is 144 Å². The van der Waals surface area contributed by atoms with Crippen molar-refractivity contribution >= 4 is 17.4 Å². The summed E-state index contributed by atoms with van der Waals surface area (Å²) in [6.07, 6.45) is 0.127. The molecule has 0 saturated heterocycles. The third kappa shape index (κ3) is 4.75. The van der Waals surface area contributed by atoms with Crippen LogP contribution in [-0.4, -0.2) is 12.1 Å². The van der Waals surface area contributed by atoms with Crippen LogP contribution in [0.2, 0.25) is 0 Å². The summed E-state index contributed by atoms with van der Waals surface area (Å²) in [7, 11) is 0. The molecule has 4 heteroatoms. The van der Waals surface area contributed by atoms with Gasteiger partial charge < -0.3 is 15.4 Å². The summed E-state index contributed by atoms with van der Waals surface area (Å²) in [5.74, 6) is 1.13. The fourth-order valence-electron chi connectivity index (χ4n) is 2.51. The fourth-order valence-corrected chi connectivity index (χ4v) is 2.51. The van der Waals surface area contributed by atoms with E-state index < -0.39 is 0 Å². The first-order chi connectivity index (χ1) is 11.4. The molecule has 0 radical (unpaired) electrons. The van der Waals surface area contributed by atoms with E-state index in [1.165, 1.54) is 0 Å². The molecule has 0 aromatic heterocycles. The zero-order valence-electron chi connectivity index (χ0n) is 15.0. The lowest BCUT2D eigenvalue weighted by Crippen LogP contribution is -2.21. The van der Waals surface area contributed by atoms with Gasteiger partial charge in [0.25, 0.3) is 0 Å². The van der Waals surface area contributed by atoms with Crippen LogP contribution in [-0.2, 0) is 0 Å². The van der Waals surface area contributed by atoms with Gasteiger partial charge in [0.15, 0.2) is 0 Å². The maximum absolute atomic E-state index is 12.3.